The lowest BCUT2D eigenvalue weighted by Crippen LogP contribution is -2.41. The first kappa shape index (κ1) is 18.0. The quantitative estimate of drug-likeness (QED) is 0.628. The number of rotatable bonds is 4. The normalized spacial score (nSPS) is 25.6. The summed E-state index contributed by atoms with van der Waals surface area (Å²) in [5.41, 5.74) is 4.75. The molecule has 0 saturated heterocycles. The Balaban J connectivity index is 2.12. The van der Waals surface area contributed by atoms with Crippen LogP contribution in [0, 0.1) is 11.3 Å². The molecule has 0 radical (unpaired) electrons. The fourth-order valence-electron chi connectivity index (χ4n) is 5.15. The van der Waals surface area contributed by atoms with Crippen LogP contribution in [-0.2, 0) is 11.8 Å². The van der Waals surface area contributed by atoms with Gasteiger partial charge in [-0.3, -0.25) is 0 Å². The topological polar surface area (TPSA) is 9.23 Å². The van der Waals surface area contributed by atoms with E-state index in [1.165, 1.54) is 36.0 Å². The van der Waals surface area contributed by atoms with Crippen LogP contribution in [0.25, 0.3) is 0 Å². The van der Waals surface area contributed by atoms with Crippen LogP contribution in [0.15, 0.2) is 48.5 Å². The van der Waals surface area contributed by atoms with Gasteiger partial charge in [-0.2, -0.15) is 0 Å². The lowest BCUT2D eigenvalue weighted by atomic mass is 9.55. The van der Waals surface area contributed by atoms with Gasteiger partial charge in [0.25, 0.3) is 0 Å². The summed E-state index contributed by atoms with van der Waals surface area (Å²) in [5, 5.41) is 0. The Kier molecular flexibility index (Phi) is 4.95. The van der Waals surface area contributed by atoms with Gasteiger partial charge in [0.15, 0.2) is 0 Å². The second-order valence-electron chi connectivity index (χ2n) is 8.72. The second kappa shape index (κ2) is 6.86. The molecule has 3 rings (SSSR count). The van der Waals surface area contributed by atoms with E-state index in [2.05, 4.69) is 76.2 Å². The summed E-state index contributed by atoms with van der Waals surface area (Å²) in [4.78, 5) is 0. The molecular formula is C24H32O. The SMILES string of the molecule is CCc1ccc(C2(c3ccc(OC)cc3)CC(C)CC(C)(C)C2)cc1. The number of hydrogen-bond donors (Lipinski definition) is 0. The molecule has 2 aromatic carbocycles. The molecule has 134 valence electrons. The van der Waals surface area contributed by atoms with Crippen LogP contribution >= 0.6 is 0 Å². The molecule has 0 heterocycles. The molecule has 0 N–H and O–H groups in total. The Labute approximate surface area is 153 Å². The first-order valence-electron chi connectivity index (χ1n) is 9.62. The van der Waals surface area contributed by atoms with Crippen molar-refractivity contribution in [2.45, 2.75) is 58.8 Å². The average molecular weight is 337 g/mol. The minimum atomic E-state index is 0.0969. The molecule has 0 amide bonds. The van der Waals surface area contributed by atoms with E-state index in [1.54, 1.807) is 7.11 Å². The second-order valence-corrected chi connectivity index (χ2v) is 8.72. The van der Waals surface area contributed by atoms with Gasteiger partial charge in [0, 0.05) is 5.41 Å². The molecule has 2 aromatic rings. The molecule has 1 aliphatic carbocycles. The minimum absolute atomic E-state index is 0.0969. The molecule has 0 aromatic heterocycles. The highest BCUT2D eigenvalue weighted by Gasteiger charge is 2.45. The molecule has 1 heteroatoms. The van der Waals surface area contributed by atoms with Crippen molar-refractivity contribution in [1.29, 1.82) is 0 Å². The smallest absolute Gasteiger partial charge is 0.118 e. The Morgan fingerprint density at radius 1 is 0.920 bits per heavy atom. The maximum atomic E-state index is 5.39. The van der Waals surface area contributed by atoms with Crippen LogP contribution in [-0.4, -0.2) is 7.11 Å². The van der Waals surface area contributed by atoms with Crippen LogP contribution in [0.3, 0.4) is 0 Å². The number of ether oxygens (including phenoxy) is 1. The van der Waals surface area contributed by atoms with Gasteiger partial charge in [-0.05, 0) is 65.8 Å². The summed E-state index contributed by atoms with van der Waals surface area (Å²) in [6.45, 7) is 9.50. The number of benzene rings is 2. The van der Waals surface area contributed by atoms with Crippen molar-refractivity contribution in [3.8, 4) is 5.75 Å². The zero-order valence-electron chi connectivity index (χ0n) is 16.4. The first-order chi connectivity index (χ1) is 11.9. The van der Waals surface area contributed by atoms with Crippen molar-refractivity contribution < 1.29 is 4.74 Å². The fraction of sp³-hybridized carbons (Fsp3) is 0.500. The van der Waals surface area contributed by atoms with E-state index < -0.39 is 0 Å². The van der Waals surface area contributed by atoms with Crippen LogP contribution in [0.1, 0.15) is 63.6 Å². The molecule has 1 aliphatic rings. The predicted molar refractivity (Wildman–Crippen MR) is 106 cm³/mol. The highest BCUT2D eigenvalue weighted by molar-refractivity contribution is 5.43. The molecule has 2 atom stereocenters. The van der Waals surface area contributed by atoms with Crippen molar-refractivity contribution in [1.82, 2.24) is 0 Å². The van der Waals surface area contributed by atoms with Gasteiger partial charge in [0.2, 0.25) is 0 Å². The Morgan fingerprint density at radius 3 is 1.96 bits per heavy atom. The van der Waals surface area contributed by atoms with Crippen molar-refractivity contribution in [2.75, 3.05) is 7.11 Å². The van der Waals surface area contributed by atoms with Crippen LogP contribution < -0.4 is 4.74 Å². The summed E-state index contributed by atoms with van der Waals surface area (Å²) in [7, 11) is 1.74. The summed E-state index contributed by atoms with van der Waals surface area (Å²) >= 11 is 0. The van der Waals surface area contributed by atoms with Crippen molar-refractivity contribution >= 4 is 0 Å². The van der Waals surface area contributed by atoms with Crippen molar-refractivity contribution in [3.05, 3.63) is 65.2 Å². The van der Waals surface area contributed by atoms with Gasteiger partial charge < -0.3 is 4.74 Å². The van der Waals surface area contributed by atoms with Crippen molar-refractivity contribution in [2.24, 2.45) is 11.3 Å². The van der Waals surface area contributed by atoms with Gasteiger partial charge in [-0.1, -0.05) is 64.1 Å². The molecular weight excluding hydrogens is 304 g/mol. The minimum Gasteiger partial charge on any atom is -0.497 e. The van der Waals surface area contributed by atoms with E-state index in [1.807, 2.05) is 0 Å². The number of hydrogen-bond acceptors (Lipinski definition) is 1. The van der Waals surface area contributed by atoms with Crippen LogP contribution in [0.4, 0.5) is 0 Å². The largest absolute Gasteiger partial charge is 0.497 e. The third kappa shape index (κ3) is 3.61. The fourth-order valence-corrected chi connectivity index (χ4v) is 5.15. The van der Waals surface area contributed by atoms with E-state index in [0.717, 1.165) is 18.1 Å². The number of methoxy groups -OCH3 is 1. The van der Waals surface area contributed by atoms with E-state index in [9.17, 15) is 0 Å². The highest BCUT2D eigenvalue weighted by atomic mass is 16.5. The van der Waals surface area contributed by atoms with Gasteiger partial charge in [0.1, 0.15) is 5.75 Å². The van der Waals surface area contributed by atoms with E-state index >= 15 is 0 Å². The Bertz CT molecular complexity index is 646. The standard InChI is InChI=1S/C24H32O/c1-6-19-7-9-20(10-8-19)24(16-18(2)15-23(3,4)17-24)21-11-13-22(25-5)14-12-21/h7-14,18H,6,15-17H2,1-5H3. The van der Waals surface area contributed by atoms with Gasteiger partial charge in [-0.15, -0.1) is 0 Å². The van der Waals surface area contributed by atoms with Gasteiger partial charge in [0.05, 0.1) is 7.11 Å². The molecule has 0 aliphatic heterocycles. The molecule has 2 unspecified atom stereocenters. The summed E-state index contributed by atoms with van der Waals surface area (Å²) in [5.74, 6) is 1.65. The van der Waals surface area contributed by atoms with Gasteiger partial charge >= 0.3 is 0 Å². The third-order valence-corrected chi connectivity index (χ3v) is 5.94. The maximum absolute atomic E-state index is 5.39. The summed E-state index contributed by atoms with van der Waals surface area (Å²) in [6.07, 6.45) is 4.81. The molecule has 0 spiro atoms. The van der Waals surface area contributed by atoms with Crippen molar-refractivity contribution in [3.63, 3.8) is 0 Å². The molecule has 1 fully saturated rings. The molecule has 0 bridgehead atoms. The molecule has 25 heavy (non-hydrogen) atoms. The number of aryl methyl sites for hydroxylation is 1. The molecule has 1 saturated carbocycles. The highest BCUT2D eigenvalue weighted by Crippen LogP contribution is 2.53. The van der Waals surface area contributed by atoms with E-state index in [0.29, 0.717) is 5.41 Å². The summed E-state index contributed by atoms with van der Waals surface area (Å²) in [6, 6.07) is 18.2. The van der Waals surface area contributed by atoms with Crippen LogP contribution in [0.2, 0.25) is 0 Å². The van der Waals surface area contributed by atoms with E-state index in [4.69, 9.17) is 4.74 Å². The average Bonchev–Trinajstić information content (AvgIpc) is 2.60. The maximum Gasteiger partial charge on any atom is 0.118 e. The first-order valence-corrected chi connectivity index (χ1v) is 9.62. The predicted octanol–water partition coefficient (Wildman–Crippen LogP) is 6.39. The summed E-state index contributed by atoms with van der Waals surface area (Å²) < 4.78 is 5.39. The lowest BCUT2D eigenvalue weighted by Gasteiger charge is -2.48. The van der Waals surface area contributed by atoms with Gasteiger partial charge in [-0.25, -0.2) is 0 Å². The zero-order valence-corrected chi connectivity index (χ0v) is 16.4. The Hall–Kier alpha value is -1.76. The third-order valence-electron chi connectivity index (χ3n) is 5.94. The van der Waals surface area contributed by atoms with Crippen LogP contribution in [0.5, 0.6) is 5.75 Å². The van der Waals surface area contributed by atoms with E-state index in [-0.39, 0.29) is 5.41 Å². The monoisotopic (exact) mass is 336 g/mol. The lowest BCUT2D eigenvalue weighted by molar-refractivity contribution is 0.127. The molecule has 1 nitrogen and oxygen atoms in total. The Morgan fingerprint density at radius 2 is 1.48 bits per heavy atom. The zero-order chi connectivity index (χ0) is 18.1.